The highest BCUT2D eigenvalue weighted by Gasteiger charge is 2.29. The topological polar surface area (TPSA) is 86.8 Å². The van der Waals surface area contributed by atoms with Crippen molar-refractivity contribution in [2.75, 3.05) is 18.4 Å². The second-order valence-electron chi connectivity index (χ2n) is 6.78. The molecule has 2 N–H and O–H groups in total. The lowest BCUT2D eigenvalue weighted by Crippen LogP contribution is -2.39. The highest BCUT2D eigenvalue weighted by molar-refractivity contribution is 5.97. The molecule has 1 saturated heterocycles. The first-order chi connectivity index (χ1) is 12.6. The zero-order chi connectivity index (χ0) is 18.1. The summed E-state index contributed by atoms with van der Waals surface area (Å²) in [5, 5.41) is 11.3. The molecular weight excluding hydrogens is 328 g/mol. The summed E-state index contributed by atoms with van der Waals surface area (Å²) in [4.78, 5) is 23.7. The lowest BCUT2D eigenvalue weighted by Gasteiger charge is -2.25. The van der Waals surface area contributed by atoms with Crippen LogP contribution in [0.4, 0.5) is 5.82 Å². The summed E-state index contributed by atoms with van der Waals surface area (Å²) < 4.78 is 0. The number of aromatic nitrogens is 4. The number of nitrogens with one attached hydrogen (secondary N) is 2. The van der Waals surface area contributed by atoms with Gasteiger partial charge in [0.25, 0.3) is 5.91 Å². The predicted octanol–water partition coefficient (Wildman–Crippen LogP) is 2.69. The molecule has 0 aliphatic carbocycles. The lowest BCUT2D eigenvalue weighted by molar-refractivity contribution is 0.0743. The van der Waals surface area contributed by atoms with Gasteiger partial charge in [0.15, 0.2) is 5.65 Å². The number of pyridine rings is 2. The van der Waals surface area contributed by atoms with E-state index in [9.17, 15) is 4.79 Å². The third-order valence-corrected chi connectivity index (χ3v) is 4.89. The molecule has 1 aliphatic heterocycles. The number of aryl methyl sites for hydroxylation is 2. The summed E-state index contributed by atoms with van der Waals surface area (Å²) >= 11 is 0. The van der Waals surface area contributed by atoms with Crippen LogP contribution in [0.3, 0.4) is 0 Å². The molecule has 3 aromatic rings. The van der Waals surface area contributed by atoms with E-state index in [1.54, 1.807) is 6.20 Å². The number of rotatable bonds is 4. The Labute approximate surface area is 151 Å². The molecular formula is C19H22N6O. The van der Waals surface area contributed by atoms with E-state index in [1.165, 1.54) is 0 Å². The van der Waals surface area contributed by atoms with Crippen molar-refractivity contribution in [2.24, 2.45) is 0 Å². The Balaban J connectivity index is 1.49. The molecule has 0 saturated carbocycles. The molecule has 7 nitrogen and oxygen atoms in total. The van der Waals surface area contributed by atoms with Crippen LogP contribution in [-0.4, -0.2) is 50.1 Å². The summed E-state index contributed by atoms with van der Waals surface area (Å²) in [7, 11) is 0. The molecule has 7 heteroatoms. The van der Waals surface area contributed by atoms with E-state index in [2.05, 4.69) is 25.5 Å². The maximum Gasteiger partial charge on any atom is 0.255 e. The summed E-state index contributed by atoms with van der Waals surface area (Å²) in [6.07, 6.45) is 3.63. The quantitative estimate of drug-likeness (QED) is 0.755. The van der Waals surface area contributed by atoms with Gasteiger partial charge < -0.3 is 10.2 Å². The van der Waals surface area contributed by atoms with E-state index in [1.807, 2.05) is 43.0 Å². The molecule has 0 aromatic carbocycles. The fraction of sp³-hybridized carbons (Fsp3) is 0.368. The first-order valence-electron chi connectivity index (χ1n) is 8.91. The Bertz CT molecular complexity index is 950. The molecule has 26 heavy (non-hydrogen) atoms. The van der Waals surface area contributed by atoms with E-state index >= 15 is 0 Å². The number of amides is 1. The van der Waals surface area contributed by atoms with E-state index in [0.717, 1.165) is 42.0 Å². The van der Waals surface area contributed by atoms with Crippen molar-refractivity contribution < 1.29 is 4.79 Å². The molecule has 0 radical (unpaired) electrons. The number of fused-ring (bicyclic) bond motifs is 1. The smallest absolute Gasteiger partial charge is 0.255 e. The SMILES string of the molecule is Cc1cccc(NCC2CCCN2C(=O)c2cnc3n[nH]c(C)c3c2)n1. The Kier molecular flexibility index (Phi) is 4.28. The fourth-order valence-electron chi connectivity index (χ4n) is 3.48. The number of hydrogen-bond acceptors (Lipinski definition) is 5. The lowest BCUT2D eigenvalue weighted by atomic mass is 10.1. The highest BCUT2D eigenvalue weighted by atomic mass is 16.2. The maximum absolute atomic E-state index is 13.0. The van der Waals surface area contributed by atoms with Crippen LogP contribution < -0.4 is 5.32 Å². The number of H-pyrrole nitrogens is 1. The van der Waals surface area contributed by atoms with Crippen molar-refractivity contribution in [2.45, 2.75) is 32.7 Å². The van der Waals surface area contributed by atoms with E-state index in [4.69, 9.17) is 0 Å². The third kappa shape index (κ3) is 3.12. The number of carbonyl (C=O) groups is 1. The zero-order valence-electron chi connectivity index (χ0n) is 15.0. The van der Waals surface area contributed by atoms with Gasteiger partial charge >= 0.3 is 0 Å². The molecule has 1 atom stereocenters. The first-order valence-corrected chi connectivity index (χ1v) is 8.91. The van der Waals surface area contributed by atoms with Crippen LogP contribution in [-0.2, 0) is 0 Å². The molecule has 4 rings (SSSR count). The maximum atomic E-state index is 13.0. The minimum absolute atomic E-state index is 0.0292. The van der Waals surface area contributed by atoms with E-state index < -0.39 is 0 Å². The number of likely N-dealkylation sites (tertiary alicyclic amines) is 1. The van der Waals surface area contributed by atoms with Crippen molar-refractivity contribution >= 4 is 22.8 Å². The second kappa shape index (κ2) is 6.74. The van der Waals surface area contributed by atoms with Crippen LogP contribution >= 0.6 is 0 Å². The van der Waals surface area contributed by atoms with Gasteiger partial charge in [-0.15, -0.1) is 0 Å². The predicted molar refractivity (Wildman–Crippen MR) is 100 cm³/mol. The largest absolute Gasteiger partial charge is 0.368 e. The van der Waals surface area contributed by atoms with Crippen molar-refractivity contribution in [3.05, 3.63) is 47.4 Å². The van der Waals surface area contributed by atoms with Crippen LogP contribution in [0.5, 0.6) is 0 Å². The van der Waals surface area contributed by atoms with Crippen molar-refractivity contribution in [3.8, 4) is 0 Å². The Morgan fingerprint density at radius 2 is 2.27 bits per heavy atom. The minimum Gasteiger partial charge on any atom is -0.368 e. The summed E-state index contributed by atoms with van der Waals surface area (Å²) in [5.74, 6) is 0.878. The zero-order valence-corrected chi connectivity index (χ0v) is 15.0. The standard InChI is InChI=1S/C19H22N6O/c1-12-5-3-7-17(22-12)20-11-15-6-4-8-25(15)19(26)14-9-16-13(2)23-24-18(16)21-10-14/h3,5,7,9-10,15H,4,6,8,11H2,1-2H3,(H,20,22)(H,21,23,24). The van der Waals surface area contributed by atoms with Gasteiger partial charge in [-0.25, -0.2) is 9.97 Å². The van der Waals surface area contributed by atoms with Gasteiger partial charge in [-0.05, 0) is 44.9 Å². The molecule has 1 amide bonds. The average Bonchev–Trinajstić information content (AvgIpc) is 3.26. The Hall–Kier alpha value is -2.96. The van der Waals surface area contributed by atoms with Crippen molar-refractivity contribution in [1.29, 1.82) is 0 Å². The molecule has 0 bridgehead atoms. The number of hydrogen-bond donors (Lipinski definition) is 2. The van der Waals surface area contributed by atoms with Crippen molar-refractivity contribution in [1.82, 2.24) is 25.1 Å². The van der Waals surface area contributed by atoms with Gasteiger partial charge in [-0.3, -0.25) is 9.89 Å². The number of aromatic amines is 1. The van der Waals surface area contributed by atoms with Crippen LogP contribution in [0.25, 0.3) is 11.0 Å². The van der Waals surface area contributed by atoms with Gasteiger partial charge in [-0.1, -0.05) is 6.07 Å². The number of carbonyl (C=O) groups excluding carboxylic acids is 1. The third-order valence-electron chi connectivity index (χ3n) is 4.89. The van der Waals surface area contributed by atoms with Gasteiger partial charge in [0.2, 0.25) is 0 Å². The van der Waals surface area contributed by atoms with Crippen LogP contribution in [0.2, 0.25) is 0 Å². The summed E-state index contributed by atoms with van der Waals surface area (Å²) in [6.45, 7) is 5.37. The fourth-order valence-corrected chi connectivity index (χ4v) is 3.48. The van der Waals surface area contributed by atoms with E-state index in [0.29, 0.717) is 17.8 Å². The monoisotopic (exact) mass is 350 g/mol. The summed E-state index contributed by atoms with van der Waals surface area (Å²) in [5.41, 5.74) is 3.16. The molecule has 1 unspecified atom stereocenters. The second-order valence-corrected chi connectivity index (χ2v) is 6.78. The van der Waals surface area contributed by atoms with Gasteiger partial charge in [0.05, 0.1) is 5.56 Å². The van der Waals surface area contributed by atoms with E-state index in [-0.39, 0.29) is 11.9 Å². The van der Waals surface area contributed by atoms with Gasteiger partial charge in [0.1, 0.15) is 5.82 Å². The molecule has 4 heterocycles. The minimum atomic E-state index is 0.0292. The molecule has 0 spiro atoms. The summed E-state index contributed by atoms with van der Waals surface area (Å²) in [6, 6.07) is 7.95. The van der Waals surface area contributed by atoms with Crippen molar-refractivity contribution in [3.63, 3.8) is 0 Å². The molecule has 3 aromatic heterocycles. The van der Waals surface area contributed by atoms with Crippen LogP contribution in [0, 0.1) is 13.8 Å². The molecule has 1 aliphatic rings. The van der Waals surface area contributed by atoms with Crippen LogP contribution in [0.1, 0.15) is 34.6 Å². The number of anilines is 1. The molecule has 1 fully saturated rings. The number of nitrogens with zero attached hydrogens (tertiary/aromatic N) is 4. The first kappa shape index (κ1) is 16.5. The normalized spacial score (nSPS) is 17.0. The Morgan fingerprint density at radius 3 is 3.12 bits per heavy atom. The Morgan fingerprint density at radius 1 is 1.38 bits per heavy atom. The average molecular weight is 350 g/mol. The van der Waals surface area contributed by atoms with Gasteiger partial charge in [-0.2, -0.15) is 5.10 Å². The highest BCUT2D eigenvalue weighted by Crippen LogP contribution is 2.22. The van der Waals surface area contributed by atoms with Crippen LogP contribution in [0.15, 0.2) is 30.5 Å². The molecule has 134 valence electrons. The van der Waals surface area contributed by atoms with Gasteiger partial charge in [0, 0.05) is 42.1 Å².